The van der Waals surface area contributed by atoms with Crippen LogP contribution < -0.4 is 0 Å². The monoisotopic (exact) mass is 271 g/mol. The van der Waals surface area contributed by atoms with Crippen molar-refractivity contribution in [3.05, 3.63) is 29.8 Å². The van der Waals surface area contributed by atoms with E-state index >= 15 is 0 Å². The Morgan fingerprint density at radius 3 is 2.33 bits per heavy atom. The number of aromatic carboxylic acids is 1. The van der Waals surface area contributed by atoms with Crippen LogP contribution in [0.5, 0.6) is 0 Å². The number of rotatable bonds is 3. The van der Waals surface area contributed by atoms with Gasteiger partial charge in [-0.15, -0.1) is 0 Å². The van der Waals surface area contributed by atoms with Crippen molar-refractivity contribution in [2.24, 2.45) is 0 Å². The van der Waals surface area contributed by atoms with Crippen molar-refractivity contribution in [1.82, 2.24) is 4.31 Å². The maximum Gasteiger partial charge on any atom is 0.335 e. The van der Waals surface area contributed by atoms with Crippen LogP contribution in [0, 0.1) is 0 Å². The molecule has 1 aliphatic rings. The Hall–Kier alpha value is -1.44. The number of aliphatic hydroxyl groups excluding tert-OH is 1. The van der Waals surface area contributed by atoms with Crippen LogP contribution in [0.2, 0.25) is 0 Å². The van der Waals surface area contributed by atoms with Crippen molar-refractivity contribution in [2.45, 2.75) is 17.4 Å². The van der Waals surface area contributed by atoms with Crippen molar-refractivity contribution in [3.8, 4) is 0 Å². The second-order valence-electron chi connectivity index (χ2n) is 4.14. The summed E-state index contributed by atoms with van der Waals surface area (Å²) in [7, 11) is -3.63. The van der Waals surface area contributed by atoms with Gasteiger partial charge in [-0.25, -0.2) is 13.2 Å². The van der Waals surface area contributed by atoms with Gasteiger partial charge in [-0.1, -0.05) is 0 Å². The molecule has 1 aromatic carbocycles. The summed E-state index contributed by atoms with van der Waals surface area (Å²) in [6, 6.07) is 5.04. The lowest BCUT2D eigenvalue weighted by Crippen LogP contribution is -2.29. The van der Waals surface area contributed by atoms with Crippen LogP contribution >= 0.6 is 0 Å². The van der Waals surface area contributed by atoms with Gasteiger partial charge in [-0.3, -0.25) is 0 Å². The van der Waals surface area contributed by atoms with Crippen LogP contribution in [0.4, 0.5) is 0 Å². The van der Waals surface area contributed by atoms with Gasteiger partial charge in [0.05, 0.1) is 16.6 Å². The van der Waals surface area contributed by atoms with Crippen LogP contribution in [0.1, 0.15) is 16.8 Å². The highest BCUT2D eigenvalue weighted by atomic mass is 32.2. The molecule has 1 atom stereocenters. The lowest BCUT2D eigenvalue weighted by atomic mass is 10.2. The smallest absolute Gasteiger partial charge is 0.335 e. The zero-order valence-electron chi connectivity index (χ0n) is 9.48. The molecule has 98 valence electrons. The standard InChI is InChI=1S/C11H13NO5S/c13-9-5-6-12(7-9)18(16,17)10-3-1-8(2-4-10)11(14)15/h1-4,9,13H,5-7H2,(H,14,15)/t9-/m0/s1. The van der Waals surface area contributed by atoms with E-state index in [4.69, 9.17) is 5.11 Å². The summed E-state index contributed by atoms with van der Waals surface area (Å²) in [5.74, 6) is -1.10. The summed E-state index contributed by atoms with van der Waals surface area (Å²) in [6.45, 7) is 0.368. The van der Waals surface area contributed by atoms with Crippen LogP contribution in [0.15, 0.2) is 29.2 Å². The summed E-state index contributed by atoms with van der Waals surface area (Å²) in [5, 5.41) is 18.1. The summed E-state index contributed by atoms with van der Waals surface area (Å²) < 4.78 is 25.5. The first-order valence-electron chi connectivity index (χ1n) is 5.43. The lowest BCUT2D eigenvalue weighted by molar-refractivity contribution is 0.0696. The van der Waals surface area contributed by atoms with Gasteiger partial charge in [0.2, 0.25) is 10.0 Å². The third-order valence-electron chi connectivity index (χ3n) is 2.87. The second-order valence-corrected chi connectivity index (χ2v) is 6.07. The summed E-state index contributed by atoms with van der Waals surface area (Å²) in [5.41, 5.74) is 0.0374. The van der Waals surface area contributed by atoms with Crippen molar-refractivity contribution < 1.29 is 23.4 Å². The molecule has 0 aliphatic carbocycles. The largest absolute Gasteiger partial charge is 0.478 e. The van der Waals surface area contributed by atoms with E-state index in [1.165, 1.54) is 28.6 Å². The minimum atomic E-state index is -3.63. The number of aliphatic hydroxyl groups is 1. The molecule has 0 saturated carbocycles. The zero-order valence-corrected chi connectivity index (χ0v) is 10.3. The Bertz CT molecular complexity index is 551. The van der Waals surface area contributed by atoms with Crippen molar-refractivity contribution in [2.75, 3.05) is 13.1 Å². The first kappa shape index (κ1) is 13.0. The number of β-amino-alcohol motifs (C(OH)–C–C–N with tert-alkyl or cyclic N) is 1. The molecule has 0 radical (unpaired) electrons. The van der Waals surface area contributed by atoms with E-state index in [0.29, 0.717) is 6.42 Å². The first-order chi connectivity index (χ1) is 8.41. The molecule has 1 aromatic rings. The quantitative estimate of drug-likeness (QED) is 0.815. The Morgan fingerprint density at radius 2 is 1.89 bits per heavy atom. The molecule has 1 saturated heterocycles. The number of carboxylic acid groups (broad SMARTS) is 1. The van der Waals surface area contributed by atoms with Gasteiger partial charge < -0.3 is 10.2 Å². The van der Waals surface area contributed by atoms with Gasteiger partial charge >= 0.3 is 5.97 Å². The van der Waals surface area contributed by atoms with E-state index in [9.17, 15) is 18.3 Å². The minimum Gasteiger partial charge on any atom is -0.478 e. The molecule has 0 aromatic heterocycles. The second kappa shape index (κ2) is 4.68. The van der Waals surface area contributed by atoms with Crippen molar-refractivity contribution in [3.63, 3.8) is 0 Å². The molecule has 0 unspecified atom stereocenters. The number of carboxylic acids is 1. The number of carbonyl (C=O) groups is 1. The lowest BCUT2D eigenvalue weighted by Gasteiger charge is -2.15. The highest BCUT2D eigenvalue weighted by molar-refractivity contribution is 7.89. The number of nitrogens with zero attached hydrogens (tertiary/aromatic N) is 1. The van der Waals surface area contributed by atoms with Gasteiger partial charge in [-0.2, -0.15) is 4.31 Å². The van der Waals surface area contributed by atoms with Gasteiger partial charge in [0, 0.05) is 13.1 Å². The molecule has 1 fully saturated rings. The van der Waals surface area contributed by atoms with Crippen molar-refractivity contribution >= 4 is 16.0 Å². The van der Waals surface area contributed by atoms with E-state index in [2.05, 4.69) is 0 Å². The average Bonchev–Trinajstić information content (AvgIpc) is 2.76. The molecule has 7 heteroatoms. The number of benzene rings is 1. The maximum atomic E-state index is 12.1. The molecule has 1 aliphatic heterocycles. The van der Waals surface area contributed by atoms with Crippen LogP contribution in [-0.4, -0.2) is 48.1 Å². The zero-order chi connectivity index (χ0) is 13.3. The topological polar surface area (TPSA) is 94.9 Å². The van der Waals surface area contributed by atoms with E-state index in [-0.39, 0.29) is 23.5 Å². The van der Waals surface area contributed by atoms with Gasteiger partial charge in [-0.05, 0) is 30.7 Å². The Kier molecular flexibility index (Phi) is 3.38. The fourth-order valence-electron chi connectivity index (χ4n) is 1.85. The summed E-state index contributed by atoms with van der Waals surface area (Å²) in [4.78, 5) is 10.7. The molecule has 0 bridgehead atoms. The molecule has 18 heavy (non-hydrogen) atoms. The first-order valence-corrected chi connectivity index (χ1v) is 6.87. The van der Waals surface area contributed by atoms with Gasteiger partial charge in [0.15, 0.2) is 0 Å². The van der Waals surface area contributed by atoms with Crippen molar-refractivity contribution in [1.29, 1.82) is 0 Å². The molecule has 0 amide bonds. The van der Waals surface area contributed by atoms with Gasteiger partial charge in [0.1, 0.15) is 0 Å². The SMILES string of the molecule is O=C(O)c1ccc(S(=O)(=O)N2CC[C@H](O)C2)cc1. The maximum absolute atomic E-state index is 12.1. The Balaban J connectivity index is 2.27. The molecular weight excluding hydrogens is 258 g/mol. The highest BCUT2D eigenvalue weighted by Gasteiger charge is 2.31. The fourth-order valence-corrected chi connectivity index (χ4v) is 3.34. The number of sulfonamides is 1. The van der Waals surface area contributed by atoms with Gasteiger partial charge in [0.25, 0.3) is 0 Å². The molecule has 2 rings (SSSR count). The third-order valence-corrected chi connectivity index (χ3v) is 4.74. The fraction of sp³-hybridized carbons (Fsp3) is 0.364. The summed E-state index contributed by atoms with van der Waals surface area (Å²) in [6.07, 6.45) is -0.204. The number of hydrogen-bond acceptors (Lipinski definition) is 4. The Morgan fingerprint density at radius 1 is 1.28 bits per heavy atom. The third kappa shape index (κ3) is 2.38. The van der Waals surface area contributed by atoms with Crippen LogP contribution in [0.3, 0.4) is 0 Å². The van der Waals surface area contributed by atoms with Crippen LogP contribution in [-0.2, 0) is 10.0 Å². The van der Waals surface area contributed by atoms with E-state index in [0.717, 1.165) is 0 Å². The summed E-state index contributed by atoms with van der Waals surface area (Å²) >= 11 is 0. The molecule has 1 heterocycles. The van der Waals surface area contributed by atoms with Crippen LogP contribution in [0.25, 0.3) is 0 Å². The molecule has 6 nitrogen and oxygen atoms in total. The van der Waals surface area contributed by atoms with E-state index < -0.39 is 22.1 Å². The van der Waals surface area contributed by atoms with E-state index in [1.807, 2.05) is 0 Å². The van der Waals surface area contributed by atoms with E-state index in [1.54, 1.807) is 0 Å². The highest BCUT2D eigenvalue weighted by Crippen LogP contribution is 2.21. The predicted octanol–water partition coefficient (Wildman–Crippen LogP) is 0.140. The molecule has 2 N–H and O–H groups in total. The average molecular weight is 271 g/mol. The molecule has 0 spiro atoms. The minimum absolute atomic E-state index is 0.0374. The Labute approximate surface area is 105 Å². The number of hydrogen-bond donors (Lipinski definition) is 2. The molecular formula is C11H13NO5S. The normalized spacial score (nSPS) is 21.1. The predicted molar refractivity (Wildman–Crippen MR) is 62.8 cm³/mol.